The van der Waals surface area contributed by atoms with Gasteiger partial charge in [-0.25, -0.2) is 9.13 Å². The minimum atomic E-state index is -4.79. The van der Waals surface area contributed by atoms with Gasteiger partial charge in [0.2, 0.25) is 0 Å². The fourth-order valence-corrected chi connectivity index (χ4v) is 1.64. The summed E-state index contributed by atoms with van der Waals surface area (Å²) in [6, 6.07) is 0. The number of rotatable bonds is 9. The molecule has 0 amide bonds. The van der Waals surface area contributed by atoms with Gasteiger partial charge in [-0.15, -0.1) is 6.58 Å². The minimum absolute atomic E-state index is 0.0942. The van der Waals surface area contributed by atoms with Crippen molar-refractivity contribution in [3.63, 3.8) is 0 Å². The average molecular weight is 292 g/mol. The second kappa shape index (κ2) is 7.38. The first-order valence-electron chi connectivity index (χ1n) is 4.27. The van der Waals surface area contributed by atoms with Crippen LogP contribution in [0.2, 0.25) is 0 Å². The first-order chi connectivity index (χ1) is 7.64. The molecule has 0 rings (SSSR count). The maximum Gasteiger partial charge on any atom is 0.470 e. The van der Waals surface area contributed by atoms with Gasteiger partial charge in [0.05, 0.1) is 19.8 Å². The van der Waals surface area contributed by atoms with E-state index in [4.69, 9.17) is 24.3 Å². The van der Waals surface area contributed by atoms with Crippen molar-refractivity contribution >= 4 is 15.6 Å². The molecular formula is C6H14O9P2. The standard InChI is InChI=1S/C6H14O9P2/c1-2-3-13-4-6(15-17(10,11)12)5-14-16(7,8)9/h2,6H,1,3-5H2,(H2,7,8,9)(H2,10,11,12). The largest absolute Gasteiger partial charge is 0.470 e. The molecule has 0 aliphatic heterocycles. The van der Waals surface area contributed by atoms with Crippen LogP contribution in [-0.4, -0.2) is 45.5 Å². The summed E-state index contributed by atoms with van der Waals surface area (Å²) in [4.78, 5) is 33.9. The predicted octanol–water partition coefficient (Wildman–Crippen LogP) is -0.224. The topological polar surface area (TPSA) is 143 Å². The lowest BCUT2D eigenvalue weighted by atomic mass is 10.4. The predicted molar refractivity (Wildman–Crippen MR) is 55.9 cm³/mol. The Labute approximate surface area is 97.5 Å². The van der Waals surface area contributed by atoms with Crippen LogP contribution in [0.15, 0.2) is 12.7 Å². The van der Waals surface area contributed by atoms with Crippen molar-refractivity contribution in [2.45, 2.75) is 6.10 Å². The van der Waals surface area contributed by atoms with E-state index in [1.165, 1.54) is 6.08 Å². The van der Waals surface area contributed by atoms with E-state index in [1.54, 1.807) is 0 Å². The van der Waals surface area contributed by atoms with E-state index in [0.29, 0.717) is 0 Å². The van der Waals surface area contributed by atoms with Gasteiger partial charge in [-0.1, -0.05) is 6.08 Å². The van der Waals surface area contributed by atoms with Crippen LogP contribution >= 0.6 is 15.6 Å². The third-order valence-electron chi connectivity index (χ3n) is 1.25. The highest BCUT2D eigenvalue weighted by Crippen LogP contribution is 2.40. The van der Waals surface area contributed by atoms with Gasteiger partial charge in [0.25, 0.3) is 0 Å². The smallest absolute Gasteiger partial charge is 0.375 e. The Morgan fingerprint density at radius 3 is 2.12 bits per heavy atom. The van der Waals surface area contributed by atoms with Crippen LogP contribution in [0.25, 0.3) is 0 Å². The SMILES string of the molecule is C=CCOCC(COP(=O)(O)O)OP(=O)(O)O. The summed E-state index contributed by atoms with van der Waals surface area (Å²) in [5, 5.41) is 0. The number of ether oxygens (including phenoxy) is 1. The Kier molecular flexibility index (Phi) is 7.34. The molecule has 102 valence electrons. The highest BCUT2D eigenvalue weighted by atomic mass is 31.2. The molecule has 4 N–H and O–H groups in total. The molecule has 0 aliphatic rings. The van der Waals surface area contributed by atoms with Crippen molar-refractivity contribution in [2.24, 2.45) is 0 Å². The van der Waals surface area contributed by atoms with Crippen LogP contribution in [0.1, 0.15) is 0 Å². The quantitative estimate of drug-likeness (QED) is 0.257. The second-order valence-corrected chi connectivity index (χ2v) is 5.26. The van der Waals surface area contributed by atoms with Crippen molar-refractivity contribution < 1.29 is 42.5 Å². The van der Waals surface area contributed by atoms with Gasteiger partial charge in [-0.2, -0.15) is 0 Å². The molecule has 17 heavy (non-hydrogen) atoms. The van der Waals surface area contributed by atoms with Gasteiger partial charge in [0.1, 0.15) is 6.10 Å². The van der Waals surface area contributed by atoms with Crippen LogP contribution in [0.5, 0.6) is 0 Å². The lowest BCUT2D eigenvalue weighted by Gasteiger charge is -2.18. The number of phosphoric acid groups is 2. The Hall–Kier alpha value is -0.0800. The van der Waals surface area contributed by atoms with Gasteiger partial charge in [-0.05, 0) is 0 Å². The molecule has 0 saturated carbocycles. The highest BCUT2D eigenvalue weighted by molar-refractivity contribution is 7.46. The maximum absolute atomic E-state index is 10.5. The molecule has 11 heteroatoms. The summed E-state index contributed by atoms with van der Waals surface area (Å²) < 4.78 is 34.1. The average Bonchev–Trinajstić information content (AvgIpc) is 2.11. The van der Waals surface area contributed by atoms with Crippen molar-refractivity contribution in [3.05, 3.63) is 12.7 Å². The lowest BCUT2D eigenvalue weighted by Crippen LogP contribution is -2.24. The molecule has 0 saturated heterocycles. The zero-order valence-electron chi connectivity index (χ0n) is 8.71. The normalized spacial score (nSPS) is 14.6. The van der Waals surface area contributed by atoms with Crippen LogP contribution < -0.4 is 0 Å². The molecule has 0 radical (unpaired) electrons. The summed E-state index contributed by atoms with van der Waals surface area (Å²) in [5.74, 6) is 0. The molecule has 0 aromatic heterocycles. The van der Waals surface area contributed by atoms with Crippen molar-refractivity contribution in [1.29, 1.82) is 0 Å². The first kappa shape index (κ1) is 16.9. The van der Waals surface area contributed by atoms with Crippen LogP contribution in [-0.2, 0) is 22.9 Å². The van der Waals surface area contributed by atoms with Crippen molar-refractivity contribution in [1.82, 2.24) is 0 Å². The summed E-state index contributed by atoms with van der Waals surface area (Å²) in [6.45, 7) is 2.41. The fraction of sp³-hybridized carbons (Fsp3) is 0.667. The van der Waals surface area contributed by atoms with Crippen LogP contribution in [0, 0.1) is 0 Å². The van der Waals surface area contributed by atoms with Crippen LogP contribution in [0.4, 0.5) is 0 Å². The summed E-state index contributed by atoms with van der Waals surface area (Å²) >= 11 is 0. The third kappa shape index (κ3) is 12.2. The van der Waals surface area contributed by atoms with Crippen molar-refractivity contribution in [2.75, 3.05) is 19.8 Å². The Morgan fingerprint density at radius 1 is 1.12 bits per heavy atom. The third-order valence-corrected chi connectivity index (χ3v) is 2.31. The second-order valence-electron chi connectivity index (χ2n) is 2.83. The number of hydrogen-bond donors (Lipinski definition) is 4. The maximum atomic E-state index is 10.5. The van der Waals surface area contributed by atoms with E-state index in [9.17, 15) is 9.13 Å². The monoisotopic (exact) mass is 292 g/mol. The van der Waals surface area contributed by atoms with Gasteiger partial charge >= 0.3 is 15.6 Å². The van der Waals surface area contributed by atoms with E-state index < -0.39 is 28.4 Å². The molecule has 0 heterocycles. The molecule has 1 unspecified atom stereocenters. The Balaban J connectivity index is 4.25. The molecular weight excluding hydrogens is 278 g/mol. The molecule has 0 fully saturated rings. The Bertz CT molecular complexity index is 317. The first-order valence-corrected chi connectivity index (χ1v) is 7.33. The van der Waals surface area contributed by atoms with E-state index in [1.807, 2.05) is 0 Å². The molecule has 0 aromatic carbocycles. The van der Waals surface area contributed by atoms with Gasteiger partial charge < -0.3 is 24.3 Å². The van der Waals surface area contributed by atoms with Gasteiger partial charge in [0, 0.05) is 0 Å². The molecule has 0 aliphatic carbocycles. The summed E-state index contributed by atoms with van der Waals surface area (Å²) in [6.07, 6.45) is 0.0849. The zero-order chi connectivity index (χ0) is 13.5. The summed E-state index contributed by atoms with van der Waals surface area (Å²) in [7, 11) is -9.52. The number of phosphoric ester groups is 2. The Morgan fingerprint density at radius 2 is 1.71 bits per heavy atom. The van der Waals surface area contributed by atoms with Crippen molar-refractivity contribution in [3.8, 4) is 0 Å². The summed E-state index contributed by atoms with van der Waals surface area (Å²) in [5.41, 5.74) is 0. The lowest BCUT2D eigenvalue weighted by molar-refractivity contribution is 0.0120. The van der Waals surface area contributed by atoms with E-state index in [-0.39, 0.29) is 13.2 Å². The fourth-order valence-electron chi connectivity index (χ4n) is 0.766. The van der Waals surface area contributed by atoms with Crippen LogP contribution in [0.3, 0.4) is 0 Å². The number of hydrogen-bond acceptors (Lipinski definition) is 5. The molecule has 0 bridgehead atoms. The molecule has 1 atom stereocenters. The molecule has 0 aromatic rings. The van der Waals surface area contributed by atoms with E-state index >= 15 is 0 Å². The van der Waals surface area contributed by atoms with E-state index in [2.05, 4.69) is 15.6 Å². The highest BCUT2D eigenvalue weighted by Gasteiger charge is 2.25. The van der Waals surface area contributed by atoms with Gasteiger partial charge in [-0.3, -0.25) is 9.05 Å². The molecule has 0 spiro atoms. The van der Waals surface area contributed by atoms with Gasteiger partial charge in [0.15, 0.2) is 0 Å². The molecule has 9 nitrogen and oxygen atoms in total. The minimum Gasteiger partial charge on any atom is -0.375 e. The van der Waals surface area contributed by atoms with E-state index in [0.717, 1.165) is 0 Å². The zero-order valence-corrected chi connectivity index (χ0v) is 10.5.